The molecule has 0 bridgehead atoms. The van der Waals surface area contributed by atoms with E-state index < -0.39 is 0 Å². The lowest BCUT2D eigenvalue weighted by atomic mass is 10.2. The molecule has 9 heteroatoms. The molecule has 0 N–H and O–H groups in total. The maximum Gasteiger partial charge on any atom is 0.339 e. The van der Waals surface area contributed by atoms with E-state index in [9.17, 15) is 4.79 Å². The van der Waals surface area contributed by atoms with Gasteiger partial charge in [-0.3, -0.25) is 4.90 Å². The summed E-state index contributed by atoms with van der Waals surface area (Å²) in [6.07, 6.45) is 1.00. The maximum atomic E-state index is 12.0. The first kappa shape index (κ1) is 31.3. The van der Waals surface area contributed by atoms with Crippen molar-refractivity contribution in [2.75, 3.05) is 46.4 Å². The third-order valence-corrected chi connectivity index (χ3v) is 7.35. The van der Waals surface area contributed by atoms with Crippen LogP contribution in [0.3, 0.4) is 0 Å². The highest BCUT2D eigenvalue weighted by atomic mass is 35.5. The molecule has 1 saturated heterocycles. The van der Waals surface area contributed by atoms with Crippen LogP contribution in [0, 0.1) is 0 Å². The van der Waals surface area contributed by atoms with Gasteiger partial charge in [-0.2, -0.15) is 0 Å². The van der Waals surface area contributed by atoms with E-state index in [0.29, 0.717) is 12.2 Å². The number of carbonyl (C=O) groups is 1. The van der Waals surface area contributed by atoms with Gasteiger partial charge in [0, 0.05) is 54.1 Å². The minimum absolute atomic E-state index is 0. The summed E-state index contributed by atoms with van der Waals surface area (Å²) in [7, 11) is 1.40. The minimum Gasteiger partial charge on any atom is -0.494 e. The summed E-state index contributed by atoms with van der Waals surface area (Å²) in [6, 6.07) is 23.6. The Morgan fingerprint density at radius 3 is 2.22 bits per heavy atom. The number of carbonyl (C=O) groups excluding carboxylic acids is 1. The predicted octanol–water partition coefficient (Wildman–Crippen LogP) is 6.71. The number of hydrogen-bond acceptors (Lipinski definition) is 6. The fraction of sp³-hybridized carbons (Fsp3) is 0.321. The van der Waals surface area contributed by atoms with Gasteiger partial charge < -0.3 is 14.4 Å². The van der Waals surface area contributed by atoms with E-state index in [4.69, 9.17) is 21.1 Å². The first-order chi connectivity index (χ1) is 17.1. The summed E-state index contributed by atoms with van der Waals surface area (Å²) < 4.78 is 10.8. The Kier molecular flexibility index (Phi) is 13.6. The quantitative estimate of drug-likeness (QED) is 0.195. The average Bonchev–Trinajstić information content (AvgIpc) is 2.90. The molecule has 0 aliphatic carbocycles. The molecule has 0 saturated carbocycles. The van der Waals surface area contributed by atoms with Crippen LogP contribution in [0.1, 0.15) is 22.3 Å². The molecule has 5 nitrogen and oxygen atoms in total. The van der Waals surface area contributed by atoms with Crippen molar-refractivity contribution in [3.05, 3.63) is 88.9 Å². The minimum atomic E-state index is -0.323. The number of halogens is 3. The number of rotatable bonds is 10. The van der Waals surface area contributed by atoms with Crippen LogP contribution in [0.4, 0.5) is 0 Å². The Bertz CT molecular complexity index is 1090. The maximum absolute atomic E-state index is 12.0. The van der Waals surface area contributed by atoms with E-state index >= 15 is 0 Å². The lowest BCUT2D eigenvalue weighted by molar-refractivity contribution is 0.0597. The lowest BCUT2D eigenvalue weighted by Crippen LogP contribution is -2.46. The van der Waals surface area contributed by atoms with E-state index in [1.54, 1.807) is 17.8 Å². The summed E-state index contributed by atoms with van der Waals surface area (Å²) in [4.78, 5) is 18.9. The smallest absolute Gasteiger partial charge is 0.339 e. The number of esters is 1. The predicted molar refractivity (Wildman–Crippen MR) is 156 cm³/mol. The van der Waals surface area contributed by atoms with E-state index in [2.05, 4.69) is 21.9 Å². The molecule has 0 radical (unpaired) electrons. The molecule has 1 aliphatic heterocycles. The summed E-state index contributed by atoms with van der Waals surface area (Å²) in [5, 5.41) is 0.789. The van der Waals surface area contributed by atoms with Gasteiger partial charge in [0.2, 0.25) is 0 Å². The number of methoxy groups -OCH3 is 1. The van der Waals surface area contributed by atoms with Gasteiger partial charge in [0.25, 0.3) is 0 Å². The normalized spacial score (nSPS) is 13.8. The van der Waals surface area contributed by atoms with Crippen molar-refractivity contribution < 1.29 is 14.3 Å². The Labute approximate surface area is 241 Å². The second kappa shape index (κ2) is 16.1. The van der Waals surface area contributed by atoms with Gasteiger partial charge in [-0.05, 0) is 60.5 Å². The van der Waals surface area contributed by atoms with Crippen molar-refractivity contribution in [3.8, 4) is 5.75 Å². The molecule has 1 fully saturated rings. The molecule has 0 spiro atoms. The van der Waals surface area contributed by atoms with Crippen LogP contribution in [-0.4, -0.2) is 62.2 Å². The summed E-state index contributed by atoms with van der Waals surface area (Å²) in [5.41, 5.74) is 1.89. The zero-order valence-corrected chi connectivity index (χ0v) is 24.0. The van der Waals surface area contributed by atoms with Crippen molar-refractivity contribution in [3.63, 3.8) is 0 Å². The highest BCUT2D eigenvalue weighted by molar-refractivity contribution is 7.99. The molecule has 200 valence electrons. The number of ether oxygens (including phenoxy) is 2. The molecule has 0 atom stereocenters. The summed E-state index contributed by atoms with van der Waals surface area (Å²) in [6.45, 7) is 7.08. The third-order valence-electron chi connectivity index (χ3n) is 6.02. The van der Waals surface area contributed by atoms with E-state index in [1.165, 1.54) is 12.7 Å². The first-order valence-electron chi connectivity index (χ1n) is 11.9. The van der Waals surface area contributed by atoms with Crippen LogP contribution in [0.2, 0.25) is 5.02 Å². The van der Waals surface area contributed by atoms with Gasteiger partial charge >= 0.3 is 5.97 Å². The van der Waals surface area contributed by atoms with E-state index in [-0.39, 0.29) is 30.8 Å². The molecule has 0 unspecified atom stereocenters. The van der Waals surface area contributed by atoms with E-state index in [0.717, 1.165) is 66.3 Å². The second-order valence-corrected chi connectivity index (χ2v) is 10.1. The summed E-state index contributed by atoms with van der Waals surface area (Å²) in [5.74, 6) is 0.541. The van der Waals surface area contributed by atoms with Crippen LogP contribution < -0.4 is 4.74 Å². The molecule has 4 rings (SSSR count). The Morgan fingerprint density at radius 2 is 1.54 bits per heavy atom. The van der Waals surface area contributed by atoms with Crippen LogP contribution >= 0.6 is 48.2 Å². The monoisotopic (exact) mass is 582 g/mol. The van der Waals surface area contributed by atoms with Crippen LogP contribution in [0.25, 0.3) is 0 Å². The molecular weight excluding hydrogens is 551 g/mol. The van der Waals surface area contributed by atoms with Crippen LogP contribution in [-0.2, 0) is 11.3 Å². The number of nitrogens with zero attached hydrogens (tertiary/aromatic N) is 2. The van der Waals surface area contributed by atoms with Crippen LogP contribution in [0.5, 0.6) is 5.75 Å². The van der Waals surface area contributed by atoms with Crippen molar-refractivity contribution in [1.82, 2.24) is 9.80 Å². The van der Waals surface area contributed by atoms with Crippen molar-refractivity contribution in [1.29, 1.82) is 0 Å². The van der Waals surface area contributed by atoms with Gasteiger partial charge in [-0.15, -0.1) is 24.8 Å². The molecular formula is C28H33Cl3N2O3S. The fourth-order valence-electron chi connectivity index (χ4n) is 4.06. The Balaban J connectivity index is 0.00000241. The summed E-state index contributed by atoms with van der Waals surface area (Å²) >= 11 is 7.53. The van der Waals surface area contributed by atoms with Gasteiger partial charge in [0.15, 0.2) is 0 Å². The van der Waals surface area contributed by atoms with Crippen molar-refractivity contribution in [2.45, 2.75) is 22.8 Å². The largest absolute Gasteiger partial charge is 0.494 e. The van der Waals surface area contributed by atoms with Crippen LogP contribution in [0.15, 0.2) is 82.6 Å². The second-order valence-electron chi connectivity index (χ2n) is 8.51. The van der Waals surface area contributed by atoms with Gasteiger partial charge in [0.1, 0.15) is 5.75 Å². The van der Waals surface area contributed by atoms with Crippen molar-refractivity contribution in [2.24, 2.45) is 0 Å². The molecule has 1 heterocycles. The van der Waals surface area contributed by atoms with Gasteiger partial charge in [-0.1, -0.05) is 47.6 Å². The zero-order valence-electron chi connectivity index (χ0n) is 20.8. The average molecular weight is 584 g/mol. The molecule has 0 aromatic heterocycles. The van der Waals surface area contributed by atoms with Gasteiger partial charge in [-0.25, -0.2) is 4.79 Å². The molecule has 3 aromatic rings. The molecule has 3 aromatic carbocycles. The van der Waals surface area contributed by atoms with Gasteiger partial charge in [0.05, 0.1) is 19.3 Å². The number of piperazine rings is 1. The highest BCUT2D eigenvalue weighted by Crippen LogP contribution is 2.31. The first-order valence-corrected chi connectivity index (χ1v) is 13.1. The zero-order chi connectivity index (χ0) is 24.5. The SMILES string of the molecule is COC(=O)c1ccccc1Sc1ccc(OCCCN2CCN(Cc3ccc(Cl)cc3)CC2)cc1.Cl.Cl. The highest BCUT2D eigenvalue weighted by Gasteiger charge is 2.16. The Hall–Kier alpha value is -1.93. The number of hydrogen-bond donors (Lipinski definition) is 0. The van der Waals surface area contributed by atoms with E-state index in [1.807, 2.05) is 54.6 Å². The fourth-order valence-corrected chi connectivity index (χ4v) is 5.12. The van der Waals surface area contributed by atoms with Crippen molar-refractivity contribution >= 4 is 54.1 Å². The molecule has 37 heavy (non-hydrogen) atoms. The Morgan fingerprint density at radius 1 is 0.892 bits per heavy atom. The standard InChI is InChI=1S/C28H31ClN2O3S.2ClH/c1-33-28(32)26-5-2-3-6-27(26)35-25-13-11-24(12-14-25)34-20-4-15-30-16-18-31(19-17-30)21-22-7-9-23(29)10-8-22;;/h2-3,5-14H,4,15-21H2,1H3;2*1H. The third kappa shape index (κ3) is 9.71. The molecule has 0 amide bonds. The lowest BCUT2D eigenvalue weighted by Gasteiger charge is -2.34. The molecule has 1 aliphatic rings. The number of benzene rings is 3. The topological polar surface area (TPSA) is 42.0 Å².